The Balaban J connectivity index is 1.46. The number of benzene rings is 1. The van der Waals surface area contributed by atoms with Gasteiger partial charge in [-0.1, -0.05) is 44.2 Å². The average Bonchev–Trinajstić information content (AvgIpc) is 3.63. The van der Waals surface area contributed by atoms with Gasteiger partial charge in [0.2, 0.25) is 0 Å². The second-order valence-electron chi connectivity index (χ2n) is 9.90. The summed E-state index contributed by atoms with van der Waals surface area (Å²) in [6.07, 6.45) is 9.59. The van der Waals surface area contributed by atoms with E-state index in [2.05, 4.69) is 53.4 Å². The molecule has 200 valence electrons. The van der Waals surface area contributed by atoms with Gasteiger partial charge in [0.15, 0.2) is 5.78 Å². The Kier molecular flexibility index (Phi) is 10.4. The van der Waals surface area contributed by atoms with E-state index >= 15 is 0 Å². The Morgan fingerprint density at radius 1 is 0.919 bits per heavy atom. The monoisotopic (exact) mass is 506 g/mol. The molecule has 1 aliphatic heterocycles. The lowest BCUT2D eigenvalue weighted by atomic mass is 10.0. The van der Waals surface area contributed by atoms with E-state index in [0.29, 0.717) is 19.6 Å². The summed E-state index contributed by atoms with van der Waals surface area (Å²) in [5.41, 5.74) is 0.793. The van der Waals surface area contributed by atoms with Gasteiger partial charge in [-0.15, -0.1) is 0 Å². The van der Waals surface area contributed by atoms with Gasteiger partial charge in [0.05, 0.1) is 25.8 Å². The second-order valence-corrected chi connectivity index (χ2v) is 9.90. The van der Waals surface area contributed by atoms with E-state index in [1.54, 1.807) is 12.4 Å². The zero-order chi connectivity index (χ0) is 25.9. The van der Waals surface area contributed by atoms with Gasteiger partial charge in [-0.05, 0) is 25.9 Å². The van der Waals surface area contributed by atoms with E-state index in [1.165, 1.54) is 0 Å². The molecule has 2 N–H and O–H groups in total. The molecule has 1 saturated heterocycles. The number of nitrogens with zero attached hydrogens (tertiary/aromatic N) is 6. The lowest BCUT2D eigenvalue weighted by Crippen LogP contribution is -2.59. The lowest BCUT2D eigenvalue weighted by molar-refractivity contribution is 0.0249. The molecule has 0 amide bonds. The molecule has 1 fully saturated rings. The van der Waals surface area contributed by atoms with Gasteiger partial charge in [-0.25, -0.2) is 9.97 Å². The first-order valence-electron chi connectivity index (χ1n) is 13.6. The second kappa shape index (κ2) is 14.2. The van der Waals surface area contributed by atoms with E-state index in [-0.39, 0.29) is 11.8 Å². The average molecular weight is 507 g/mol. The molecule has 4 rings (SSSR count). The number of hydrogen-bond acceptors (Lipinski definition) is 7. The molecule has 0 aliphatic carbocycles. The molecule has 2 aromatic heterocycles. The predicted molar refractivity (Wildman–Crippen MR) is 146 cm³/mol. The van der Waals surface area contributed by atoms with Gasteiger partial charge >= 0.3 is 0 Å². The number of rotatable bonds is 15. The number of piperazine rings is 1. The van der Waals surface area contributed by atoms with Gasteiger partial charge in [0, 0.05) is 63.1 Å². The summed E-state index contributed by atoms with van der Waals surface area (Å²) in [4.78, 5) is 38.7. The number of hydrogen-bond donors (Lipinski definition) is 2. The molecule has 1 aliphatic rings. The summed E-state index contributed by atoms with van der Waals surface area (Å²) < 4.78 is 0. The quantitative estimate of drug-likeness (QED) is 0.306. The molecule has 9 nitrogen and oxygen atoms in total. The van der Waals surface area contributed by atoms with Crippen LogP contribution in [0.1, 0.15) is 48.7 Å². The number of Topliss-reactive ketones (excluding diaryl/α,β-unsaturated/α-hetero) is 1. The topological polar surface area (TPSA) is 87.4 Å². The number of carbonyl (C=O) groups excluding carboxylic acids is 1. The molecule has 0 radical (unpaired) electrons. The van der Waals surface area contributed by atoms with Crippen LogP contribution < -0.4 is 0 Å². The summed E-state index contributed by atoms with van der Waals surface area (Å²) >= 11 is 0. The van der Waals surface area contributed by atoms with E-state index in [0.717, 1.165) is 76.0 Å². The van der Waals surface area contributed by atoms with Gasteiger partial charge in [0.1, 0.15) is 11.6 Å². The number of aromatic nitrogens is 4. The van der Waals surface area contributed by atoms with Crippen molar-refractivity contribution in [1.82, 2.24) is 39.5 Å². The maximum absolute atomic E-state index is 13.7. The van der Waals surface area contributed by atoms with Crippen LogP contribution in [0.2, 0.25) is 0 Å². The molecule has 3 aromatic rings. The van der Waals surface area contributed by atoms with Gasteiger partial charge in [0.25, 0.3) is 0 Å². The maximum Gasteiger partial charge on any atom is 0.181 e. The molecule has 0 bridgehead atoms. The van der Waals surface area contributed by atoms with Gasteiger partial charge in [-0.3, -0.25) is 19.5 Å². The summed E-state index contributed by atoms with van der Waals surface area (Å²) in [6, 6.07) is 9.61. The SMILES string of the molecule is CCCN(CCC)CCN1CCN(CN(Cc2ncc[nH]2)Cc2ncc[nH]2)CC1C(=O)c1ccccc1. The predicted octanol–water partition coefficient (Wildman–Crippen LogP) is 3.08. The fraction of sp³-hybridized carbons (Fsp3) is 0.536. The highest BCUT2D eigenvalue weighted by Crippen LogP contribution is 2.17. The Bertz CT molecular complexity index is 982. The van der Waals surface area contributed by atoms with Crippen molar-refractivity contribution in [3.8, 4) is 0 Å². The van der Waals surface area contributed by atoms with Crippen molar-refractivity contribution in [3.63, 3.8) is 0 Å². The zero-order valence-corrected chi connectivity index (χ0v) is 22.4. The van der Waals surface area contributed by atoms with Crippen LogP contribution in [0.4, 0.5) is 0 Å². The van der Waals surface area contributed by atoms with Gasteiger partial charge < -0.3 is 14.9 Å². The molecule has 0 spiro atoms. The Hall–Kier alpha value is -2.85. The third-order valence-corrected chi connectivity index (χ3v) is 6.98. The minimum absolute atomic E-state index is 0.157. The lowest BCUT2D eigenvalue weighted by Gasteiger charge is -2.42. The van der Waals surface area contributed by atoms with Crippen LogP contribution in [0.3, 0.4) is 0 Å². The minimum atomic E-state index is -0.157. The number of ketones is 1. The number of aromatic amines is 2. The first kappa shape index (κ1) is 27.2. The van der Waals surface area contributed by atoms with Crippen molar-refractivity contribution < 1.29 is 4.79 Å². The highest BCUT2D eigenvalue weighted by molar-refractivity contribution is 6.00. The molecule has 3 heterocycles. The van der Waals surface area contributed by atoms with Crippen LogP contribution in [0.5, 0.6) is 0 Å². The number of nitrogens with one attached hydrogen (secondary N) is 2. The molecule has 9 heteroatoms. The molecular formula is C28H42N8O. The van der Waals surface area contributed by atoms with Crippen LogP contribution in [-0.4, -0.2) is 104 Å². The number of carbonyl (C=O) groups is 1. The van der Waals surface area contributed by atoms with Crippen LogP contribution in [0, 0.1) is 0 Å². The van der Waals surface area contributed by atoms with Crippen LogP contribution in [-0.2, 0) is 13.1 Å². The number of H-pyrrole nitrogens is 2. The molecule has 0 saturated carbocycles. The zero-order valence-electron chi connectivity index (χ0n) is 22.4. The van der Waals surface area contributed by atoms with Crippen LogP contribution >= 0.6 is 0 Å². The Morgan fingerprint density at radius 2 is 1.57 bits per heavy atom. The Morgan fingerprint density at radius 3 is 2.14 bits per heavy atom. The highest BCUT2D eigenvalue weighted by Gasteiger charge is 2.33. The van der Waals surface area contributed by atoms with Gasteiger partial charge in [-0.2, -0.15) is 0 Å². The molecule has 37 heavy (non-hydrogen) atoms. The summed E-state index contributed by atoms with van der Waals surface area (Å²) in [5.74, 6) is 2.06. The molecular weight excluding hydrogens is 464 g/mol. The van der Waals surface area contributed by atoms with E-state index < -0.39 is 0 Å². The maximum atomic E-state index is 13.7. The largest absolute Gasteiger partial charge is 0.348 e. The standard InChI is InChI=1S/C28H42N8O/c1-3-14-33(15-4-2)16-18-36-19-17-34(20-25(36)28(37)24-8-6-5-7-9-24)23-35(21-26-29-10-11-30-26)22-27-31-12-13-32-27/h5-13,25H,3-4,14-23H2,1-2H3,(H,29,30)(H,31,32). The van der Waals surface area contributed by atoms with Crippen molar-refractivity contribution in [2.24, 2.45) is 0 Å². The van der Waals surface area contributed by atoms with E-state index in [4.69, 9.17) is 0 Å². The number of imidazole rings is 2. The van der Waals surface area contributed by atoms with E-state index in [1.807, 2.05) is 42.7 Å². The first-order chi connectivity index (χ1) is 18.2. The normalized spacial score (nSPS) is 17.1. The van der Waals surface area contributed by atoms with Crippen molar-refractivity contribution in [2.45, 2.75) is 45.8 Å². The molecule has 1 unspecified atom stereocenters. The fourth-order valence-electron chi connectivity index (χ4n) is 5.19. The van der Waals surface area contributed by atoms with Crippen molar-refractivity contribution in [3.05, 3.63) is 72.3 Å². The summed E-state index contributed by atoms with van der Waals surface area (Å²) in [5, 5.41) is 0. The van der Waals surface area contributed by atoms with Crippen molar-refractivity contribution >= 4 is 5.78 Å². The van der Waals surface area contributed by atoms with Crippen LogP contribution in [0.25, 0.3) is 0 Å². The van der Waals surface area contributed by atoms with Crippen molar-refractivity contribution in [2.75, 3.05) is 52.5 Å². The molecule has 1 aromatic carbocycles. The summed E-state index contributed by atoms with van der Waals surface area (Å²) in [6.45, 7) is 13.2. The Labute approximate surface area is 220 Å². The molecule has 1 atom stereocenters. The van der Waals surface area contributed by atoms with Crippen molar-refractivity contribution in [1.29, 1.82) is 0 Å². The fourth-order valence-corrected chi connectivity index (χ4v) is 5.19. The van der Waals surface area contributed by atoms with E-state index in [9.17, 15) is 4.79 Å². The summed E-state index contributed by atoms with van der Waals surface area (Å²) in [7, 11) is 0. The third kappa shape index (κ3) is 8.07. The smallest absolute Gasteiger partial charge is 0.181 e. The highest BCUT2D eigenvalue weighted by atomic mass is 16.1. The first-order valence-corrected chi connectivity index (χ1v) is 13.6. The minimum Gasteiger partial charge on any atom is -0.348 e. The third-order valence-electron chi connectivity index (χ3n) is 6.98. The van der Waals surface area contributed by atoms with Crippen LogP contribution in [0.15, 0.2) is 55.1 Å².